The Kier molecular flexibility index (Phi) is 5.07. The zero-order valence-electron chi connectivity index (χ0n) is 12.8. The Hall–Kier alpha value is -1.04. The number of likely N-dealkylation sites (tertiary alicyclic amines) is 1. The predicted molar refractivity (Wildman–Crippen MR) is 80.8 cm³/mol. The first-order valence-corrected chi connectivity index (χ1v) is 8.27. The number of piperidine rings is 1. The van der Waals surface area contributed by atoms with Crippen LogP contribution in [0, 0.1) is 5.92 Å². The van der Waals surface area contributed by atoms with Crippen LogP contribution in [0.4, 0.5) is 0 Å². The van der Waals surface area contributed by atoms with Gasteiger partial charge in [0.05, 0.1) is 5.75 Å². The van der Waals surface area contributed by atoms with E-state index in [0.717, 1.165) is 30.5 Å². The number of nitrogens with zero attached hydrogens (tertiary/aromatic N) is 4. The standard InChI is InChI=1S/C14H24N4OS/c1-10(2)13-15-16-14(17(13)4)20-9-12(19)18-7-5-6-11(3)8-18/h10-11H,5-9H2,1-4H3/t11-/m1/s1. The Morgan fingerprint density at radius 2 is 2.20 bits per heavy atom. The fraction of sp³-hybridized carbons (Fsp3) is 0.786. The van der Waals surface area contributed by atoms with Crippen molar-refractivity contribution in [2.45, 2.75) is 44.7 Å². The lowest BCUT2D eigenvalue weighted by Gasteiger charge is -2.30. The maximum absolute atomic E-state index is 12.2. The molecule has 1 aliphatic rings. The van der Waals surface area contributed by atoms with Gasteiger partial charge in [0.1, 0.15) is 5.82 Å². The van der Waals surface area contributed by atoms with Gasteiger partial charge in [-0.25, -0.2) is 0 Å². The molecular formula is C14H24N4OS. The molecule has 20 heavy (non-hydrogen) atoms. The fourth-order valence-electron chi connectivity index (χ4n) is 2.59. The van der Waals surface area contributed by atoms with E-state index < -0.39 is 0 Å². The molecule has 1 aromatic heterocycles. The molecule has 0 radical (unpaired) electrons. The number of carbonyl (C=O) groups is 1. The number of thioether (sulfide) groups is 1. The highest BCUT2D eigenvalue weighted by atomic mass is 32.2. The Balaban J connectivity index is 1.90. The van der Waals surface area contributed by atoms with Gasteiger partial charge in [-0.15, -0.1) is 10.2 Å². The van der Waals surface area contributed by atoms with E-state index in [1.807, 2.05) is 16.5 Å². The molecule has 0 N–H and O–H groups in total. The van der Waals surface area contributed by atoms with Gasteiger partial charge in [0, 0.05) is 26.1 Å². The van der Waals surface area contributed by atoms with Crippen molar-refractivity contribution in [3.05, 3.63) is 5.82 Å². The summed E-state index contributed by atoms with van der Waals surface area (Å²) in [6, 6.07) is 0. The fourth-order valence-corrected chi connectivity index (χ4v) is 3.41. The van der Waals surface area contributed by atoms with Gasteiger partial charge in [-0.05, 0) is 18.8 Å². The molecule has 5 nitrogen and oxygen atoms in total. The Morgan fingerprint density at radius 1 is 1.45 bits per heavy atom. The second-order valence-electron chi connectivity index (χ2n) is 5.93. The van der Waals surface area contributed by atoms with Crippen molar-refractivity contribution in [1.82, 2.24) is 19.7 Å². The van der Waals surface area contributed by atoms with Crippen molar-refractivity contribution in [2.75, 3.05) is 18.8 Å². The summed E-state index contributed by atoms with van der Waals surface area (Å²) in [5.41, 5.74) is 0. The molecule has 0 aliphatic carbocycles. The zero-order chi connectivity index (χ0) is 14.7. The summed E-state index contributed by atoms with van der Waals surface area (Å²) in [5, 5.41) is 9.19. The molecule has 0 spiro atoms. The molecule has 0 aromatic carbocycles. The lowest BCUT2D eigenvalue weighted by molar-refractivity contribution is -0.130. The largest absolute Gasteiger partial charge is 0.342 e. The number of amides is 1. The van der Waals surface area contributed by atoms with E-state index >= 15 is 0 Å². The molecule has 1 aromatic rings. The highest BCUT2D eigenvalue weighted by Gasteiger charge is 2.21. The topological polar surface area (TPSA) is 51.0 Å². The van der Waals surface area contributed by atoms with Crippen LogP contribution in [0.1, 0.15) is 45.4 Å². The average Bonchev–Trinajstić information content (AvgIpc) is 2.77. The lowest BCUT2D eigenvalue weighted by atomic mass is 10.0. The minimum atomic E-state index is 0.218. The van der Waals surface area contributed by atoms with Gasteiger partial charge >= 0.3 is 0 Å². The smallest absolute Gasteiger partial charge is 0.233 e. The van der Waals surface area contributed by atoms with Crippen LogP contribution in [-0.2, 0) is 11.8 Å². The lowest BCUT2D eigenvalue weighted by Crippen LogP contribution is -2.40. The van der Waals surface area contributed by atoms with E-state index in [9.17, 15) is 4.79 Å². The summed E-state index contributed by atoms with van der Waals surface area (Å²) >= 11 is 1.49. The van der Waals surface area contributed by atoms with Crippen molar-refractivity contribution in [3.63, 3.8) is 0 Å². The number of hydrogen-bond acceptors (Lipinski definition) is 4. The first-order valence-electron chi connectivity index (χ1n) is 7.29. The van der Waals surface area contributed by atoms with Gasteiger partial charge in [0.25, 0.3) is 0 Å². The molecular weight excluding hydrogens is 272 g/mol. The number of carbonyl (C=O) groups excluding carboxylic acids is 1. The van der Waals surface area contributed by atoms with E-state index in [1.54, 1.807) is 0 Å². The maximum Gasteiger partial charge on any atom is 0.233 e. The minimum Gasteiger partial charge on any atom is -0.342 e. The number of aromatic nitrogens is 3. The van der Waals surface area contributed by atoms with E-state index in [1.165, 1.54) is 18.2 Å². The van der Waals surface area contributed by atoms with Crippen molar-refractivity contribution in [3.8, 4) is 0 Å². The highest BCUT2D eigenvalue weighted by Crippen LogP contribution is 2.21. The second-order valence-corrected chi connectivity index (χ2v) is 6.87. The Labute approximate surface area is 125 Å². The van der Waals surface area contributed by atoms with Gasteiger partial charge in [0.2, 0.25) is 5.91 Å². The molecule has 0 bridgehead atoms. The van der Waals surface area contributed by atoms with Crippen molar-refractivity contribution >= 4 is 17.7 Å². The molecule has 1 amide bonds. The monoisotopic (exact) mass is 296 g/mol. The van der Waals surface area contributed by atoms with Gasteiger partial charge in [-0.2, -0.15) is 0 Å². The molecule has 0 unspecified atom stereocenters. The van der Waals surface area contributed by atoms with Gasteiger partial charge in [-0.1, -0.05) is 32.5 Å². The van der Waals surface area contributed by atoms with Crippen LogP contribution in [0.5, 0.6) is 0 Å². The quantitative estimate of drug-likeness (QED) is 0.800. The Bertz CT molecular complexity index is 472. The summed E-state index contributed by atoms with van der Waals surface area (Å²) in [6.07, 6.45) is 2.36. The van der Waals surface area contributed by atoms with E-state index in [4.69, 9.17) is 0 Å². The van der Waals surface area contributed by atoms with Crippen LogP contribution in [0.3, 0.4) is 0 Å². The van der Waals surface area contributed by atoms with Gasteiger partial charge < -0.3 is 9.47 Å². The number of hydrogen-bond donors (Lipinski definition) is 0. The van der Waals surface area contributed by atoms with E-state index in [-0.39, 0.29) is 5.91 Å². The van der Waals surface area contributed by atoms with Crippen LogP contribution in [0.15, 0.2) is 5.16 Å². The number of rotatable bonds is 4. The molecule has 1 fully saturated rings. The second kappa shape index (κ2) is 6.61. The molecule has 2 heterocycles. The average molecular weight is 296 g/mol. The molecule has 2 rings (SSSR count). The normalized spacial score (nSPS) is 19.6. The third kappa shape index (κ3) is 3.53. The van der Waals surface area contributed by atoms with E-state index in [2.05, 4.69) is 31.0 Å². The molecule has 1 saturated heterocycles. The summed E-state index contributed by atoms with van der Waals surface area (Å²) in [4.78, 5) is 14.2. The van der Waals surface area contributed by atoms with Crippen LogP contribution >= 0.6 is 11.8 Å². The minimum absolute atomic E-state index is 0.218. The van der Waals surface area contributed by atoms with Crippen LogP contribution in [0.2, 0.25) is 0 Å². The molecule has 0 saturated carbocycles. The highest BCUT2D eigenvalue weighted by molar-refractivity contribution is 7.99. The molecule has 112 valence electrons. The summed E-state index contributed by atoms with van der Waals surface area (Å²) in [7, 11) is 1.96. The molecule has 1 aliphatic heterocycles. The first-order chi connectivity index (χ1) is 9.49. The Morgan fingerprint density at radius 3 is 2.80 bits per heavy atom. The maximum atomic E-state index is 12.2. The van der Waals surface area contributed by atoms with Crippen molar-refractivity contribution < 1.29 is 4.79 Å². The summed E-state index contributed by atoms with van der Waals surface area (Å²) < 4.78 is 1.99. The predicted octanol–water partition coefficient (Wildman–Crippen LogP) is 2.29. The third-order valence-corrected chi connectivity index (χ3v) is 4.72. The SMILES string of the molecule is CC(C)c1nnc(SCC(=O)N2CCC[C@@H](C)C2)n1C. The third-order valence-electron chi connectivity index (χ3n) is 3.72. The zero-order valence-corrected chi connectivity index (χ0v) is 13.6. The van der Waals surface area contributed by atoms with Crippen molar-refractivity contribution in [2.24, 2.45) is 13.0 Å². The summed E-state index contributed by atoms with van der Waals surface area (Å²) in [6.45, 7) is 8.21. The van der Waals surface area contributed by atoms with Crippen LogP contribution < -0.4 is 0 Å². The van der Waals surface area contributed by atoms with Crippen LogP contribution in [-0.4, -0.2) is 44.4 Å². The molecule has 6 heteroatoms. The van der Waals surface area contributed by atoms with Gasteiger partial charge in [0.15, 0.2) is 5.16 Å². The molecule has 1 atom stereocenters. The van der Waals surface area contributed by atoms with Crippen LogP contribution in [0.25, 0.3) is 0 Å². The first kappa shape index (κ1) is 15.4. The van der Waals surface area contributed by atoms with E-state index in [0.29, 0.717) is 17.6 Å². The van der Waals surface area contributed by atoms with Crippen molar-refractivity contribution in [1.29, 1.82) is 0 Å². The van der Waals surface area contributed by atoms with Gasteiger partial charge in [-0.3, -0.25) is 4.79 Å². The summed E-state index contributed by atoms with van der Waals surface area (Å²) in [5.74, 6) is 2.61.